The first-order valence-corrected chi connectivity index (χ1v) is 7.77. The molecule has 128 valence electrons. The van der Waals surface area contributed by atoms with E-state index in [2.05, 4.69) is 13.8 Å². The summed E-state index contributed by atoms with van der Waals surface area (Å²) in [6.45, 7) is 7.06. The minimum atomic E-state index is -0.924. The van der Waals surface area contributed by atoms with Crippen molar-refractivity contribution in [2.24, 2.45) is 5.92 Å². The molecule has 1 amide bonds. The SMILES string of the molecule is CCN(CCC(=O)O)C(=O)COc1cccc(OCC(C)C)c1. The summed E-state index contributed by atoms with van der Waals surface area (Å²) in [5, 5.41) is 8.68. The lowest BCUT2D eigenvalue weighted by atomic mass is 10.2. The zero-order valence-electron chi connectivity index (χ0n) is 13.9. The van der Waals surface area contributed by atoms with E-state index in [9.17, 15) is 9.59 Å². The maximum atomic E-state index is 12.0. The minimum absolute atomic E-state index is 0.0713. The van der Waals surface area contributed by atoms with E-state index >= 15 is 0 Å². The third-order valence-corrected chi connectivity index (χ3v) is 3.08. The highest BCUT2D eigenvalue weighted by molar-refractivity contribution is 5.78. The molecule has 0 aromatic heterocycles. The molecule has 0 saturated heterocycles. The second-order valence-electron chi connectivity index (χ2n) is 5.59. The van der Waals surface area contributed by atoms with Crippen LogP contribution in [0.4, 0.5) is 0 Å². The summed E-state index contributed by atoms with van der Waals surface area (Å²) in [6.07, 6.45) is -0.0713. The summed E-state index contributed by atoms with van der Waals surface area (Å²) in [6, 6.07) is 7.13. The Morgan fingerprint density at radius 1 is 1.22 bits per heavy atom. The van der Waals surface area contributed by atoms with Crippen LogP contribution in [0.15, 0.2) is 24.3 Å². The molecule has 0 atom stereocenters. The predicted molar refractivity (Wildman–Crippen MR) is 86.8 cm³/mol. The summed E-state index contributed by atoms with van der Waals surface area (Å²) in [7, 11) is 0. The number of carbonyl (C=O) groups is 2. The van der Waals surface area contributed by atoms with Crippen LogP contribution >= 0.6 is 0 Å². The number of carboxylic acid groups (broad SMARTS) is 1. The van der Waals surface area contributed by atoms with Gasteiger partial charge in [-0.2, -0.15) is 0 Å². The largest absolute Gasteiger partial charge is 0.493 e. The molecule has 0 saturated carbocycles. The Kier molecular flexibility index (Phi) is 7.94. The van der Waals surface area contributed by atoms with Crippen molar-refractivity contribution in [2.45, 2.75) is 27.2 Å². The van der Waals surface area contributed by atoms with E-state index in [-0.39, 0.29) is 25.5 Å². The van der Waals surface area contributed by atoms with Gasteiger partial charge in [0.15, 0.2) is 6.61 Å². The highest BCUT2D eigenvalue weighted by atomic mass is 16.5. The zero-order valence-corrected chi connectivity index (χ0v) is 13.9. The molecular formula is C17H25NO5. The lowest BCUT2D eigenvalue weighted by Crippen LogP contribution is -2.36. The van der Waals surface area contributed by atoms with Gasteiger partial charge in [-0.25, -0.2) is 0 Å². The molecule has 1 N–H and O–H groups in total. The normalized spacial score (nSPS) is 10.4. The van der Waals surface area contributed by atoms with Crippen LogP contribution in [0.5, 0.6) is 11.5 Å². The van der Waals surface area contributed by atoms with Crippen LogP contribution in [0.3, 0.4) is 0 Å². The smallest absolute Gasteiger partial charge is 0.305 e. The zero-order chi connectivity index (χ0) is 17.2. The van der Waals surface area contributed by atoms with Gasteiger partial charge in [-0.1, -0.05) is 19.9 Å². The van der Waals surface area contributed by atoms with E-state index < -0.39 is 5.97 Å². The van der Waals surface area contributed by atoms with Gasteiger partial charge in [-0.15, -0.1) is 0 Å². The van der Waals surface area contributed by atoms with Crippen LogP contribution < -0.4 is 9.47 Å². The van der Waals surface area contributed by atoms with Crippen molar-refractivity contribution in [3.63, 3.8) is 0 Å². The number of ether oxygens (including phenoxy) is 2. The summed E-state index contributed by atoms with van der Waals surface area (Å²) < 4.78 is 11.1. The van der Waals surface area contributed by atoms with E-state index in [4.69, 9.17) is 14.6 Å². The molecule has 0 heterocycles. The number of benzene rings is 1. The third-order valence-electron chi connectivity index (χ3n) is 3.08. The molecule has 0 radical (unpaired) electrons. The van der Waals surface area contributed by atoms with Gasteiger partial charge in [0.05, 0.1) is 13.0 Å². The van der Waals surface area contributed by atoms with Gasteiger partial charge in [-0.3, -0.25) is 9.59 Å². The van der Waals surface area contributed by atoms with Gasteiger partial charge in [0.25, 0.3) is 5.91 Å². The van der Waals surface area contributed by atoms with Crippen LogP contribution in [0.2, 0.25) is 0 Å². The molecule has 1 aromatic carbocycles. The second-order valence-corrected chi connectivity index (χ2v) is 5.59. The van der Waals surface area contributed by atoms with Gasteiger partial charge in [0.1, 0.15) is 11.5 Å². The van der Waals surface area contributed by atoms with E-state index in [0.717, 1.165) is 0 Å². The van der Waals surface area contributed by atoms with Crippen LogP contribution in [0, 0.1) is 5.92 Å². The fraction of sp³-hybridized carbons (Fsp3) is 0.529. The Balaban J connectivity index is 2.51. The fourth-order valence-corrected chi connectivity index (χ4v) is 1.84. The molecule has 0 aliphatic rings. The first kappa shape index (κ1) is 18.8. The summed E-state index contributed by atoms with van der Waals surface area (Å²) in [5.41, 5.74) is 0. The topological polar surface area (TPSA) is 76.1 Å². The van der Waals surface area contributed by atoms with Crippen molar-refractivity contribution in [2.75, 3.05) is 26.3 Å². The van der Waals surface area contributed by atoms with E-state index in [0.29, 0.717) is 30.6 Å². The van der Waals surface area contributed by atoms with Crippen LogP contribution in [-0.4, -0.2) is 48.2 Å². The standard InChI is InChI=1S/C17H25NO5/c1-4-18(9-8-17(20)21)16(19)12-23-15-7-5-6-14(10-15)22-11-13(2)3/h5-7,10,13H,4,8-9,11-12H2,1-3H3,(H,20,21). The molecule has 0 aliphatic heterocycles. The molecule has 0 fully saturated rings. The molecule has 23 heavy (non-hydrogen) atoms. The molecule has 0 aliphatic carbocycles. The summed E-state index contributed by atoms with van der Waals surface area (Å²) in [4.78, 5) is 24.1. The van der Waals surface area contributed by atoms with Crippen molar-refractivity contribution >= 4 is 11.9 Å². The van der Waals surface area contributed by atoms with Crippen LogP contribution in [-0.2, 0) is 9.59 Å². The van der Waals surface area contributed by atoms with Crippen LogP contribution in [0.25, 0.3) is 0 Å². The Bertz CT molecular complexity index is 515. The molecule has 1 aromatic rings. The fourth-order valence-electron chi connectivity index (χ4n) is 1.84. The number of amides is 1. The molecule has 0 bridgehead atoms. The van der Waals surface area contributed by atoms with Gasteiger partial charge in [0.2, 0.25) is 0 Å². The number of hydrogen-bond donors (Lipinski definition) is 1. The highest BCUT2D eigenvalue weighted by Gasteiger charge is 2.13. The average Bonchev–Trinajstić information content (AvgIpc) is 2.51. The molecule has 6 nitrogen and oxygen atoms in total. The monoisotopic (exact) mass is 323 g/mol. The van der Waals surface area contributed by atoms with Crippen molar-refractivity contribution < 1.29 is 24.2 Å². The van der Waals surface area contributed by atoms with Gasteiger partial charge >= 0.3 is 5.97 Å². The third kappa shape index (κ3) is 7.54. The predicted octanol–water partition coefficient (Wildman–Crippen LogP) is 2.42. The first-order chi connectivity index (χ1) is 10.9. The highest BCUT2D eigenvalue weighted by Crippen LogP contribution is 2.20. The maximum Gasteiger partial charge on any atom is 0.305 e. The molecule has 0 spiro atoms. The number of rotatable bonds is 10. The van der Waals surface area contributed by atoms with Gasteiger partial charge < -0.3 is 19.5 Å². The Morgan fingerprint density at radius 3 is 2.43 bits per heavy atom. The molecular weight excluding hydrogens is 298 g/mol. The number of carboxylic acids is 1. The van der Waals surface area contributed by atoms with E-state index in [1.165, 1.54) is 4.90 Å². The number of likely N-dealkylation sites (N-methyl/N-ethyl adjacent to an activating group) is 1. The van der Waals surface area contributed by atoms with Crippen LogP contribution in [0.1, 0.15) is 27.2 Å². The second kappa shape index (κ2) is 9.71. The van der Waals surface area contributed by atoms with E-state index in [1.54, 1.807) is 25.1 Å². The number of hydrogen-bond acceptors (Lipinski definition) is 4. The lowest BCUT2D eigenvalue weighted by molar-refractivity contribution is -0.139. The average molecular weight is 323 g/mol. The van der Waals surface area contributed by atoms with E-state index in [1.807, 2.05) is 6.07 Å². The Hall–Kier alpha value is -2.24. The summed E-state index contributed by atoms with van der Waals surface area (Å²) in [5.74, 6) is 0.513. The quantitative estimate of drug-likeness (QED) is 0.715. The first-order valence-electron chi connectivity index (χ1n) is 7.77. The van der Waals surface area contributed by atoms with Crippen molar-refractivity contribution in [3.8, 4) is 11.5 Å². The maximum absolute atomic E-state index is 12.0. The summed E-state index contributed by atoms with van der Waals surface area (Å²) >= 11 is 0. The van der Waals surface area contributed by atoms with Gasteiger partial charge in [-0.05, 0) is 25.0 Å². The van der Waals surface area contributed by atoms with Crippen molar-refractivity contribution in [1.82, 2.24) is 4.90 Å². The molecule has 0 unspecified atom stereocenters. The minimum Gasteiger partial charge on any atom is -0.493 e. The molecule has 6 heteroatoms. The number of carbonyl (C=O) groups excluding carboxylic acids is 1. The van der Waals surface area contributed by atoms with Gasteiger partial charge in [0, 0.05) is 19.2 Å². The number of nitrogens with zero attached hydrogens (tertiary/aromatic N) is 1. The number of aliphatic carboxylic acids is 1. The molecule has 1 rings (SSSR count). The van der Waals surface area contributed by atoms with Crippen molar-refractivity contribution in [3.05, 3.63) is 24.3 Å². The lowest BCUT2D eigenvalue weighted by Gasteiger charge is -2.20. The Morgan fingerprint density at radius 2 is 1.87 bits per heavy atom. The Labute approximate surface area is 137 Å². The van der Waals surface area contributed by atoms with Crippen molar-refractivity contribution in [1.29, 1.82) is 0 Å².